The van der Waals surface area contributed by atoms with Crippen molar-refractivity contribution >= 4 is 23.2 Å². The number of hydrogen-bond acceptors (Lipinski definition) is 10. The molecule has 4 aromatic rings. The standard InChI is InChI=1S/C30H37F3N8O3S/c1-6-35-29(42)38-24-14-20(28-37-23(16-45-28)30(31,32)33)21(15-36-24)19-13-18(26-39-40-27(44-26)25(34)17(4)5)9-10-22(19)43-12-11-41(7-2)8-3/h9-10,13-17,25H,6-8,11-12,34H2,1-5H3,(H2,35,36,38,42)/t25-/m0/s1. The number of hydrogen-bond donors (Lipinski definition) is 3. The van der Waals surface area contributed by atoms with Crippen molar-refractivity contribution in [3.05, 3.63) is 47.4 Å². The van der Waals surface area contributed by atoms with E-state index in [-0.39, 0.29) is 28.5 Å². The predicted molar refractivity (Wildman–Crippen MR) is 167 cm³/mol. The number of anilines is 1. The van der Waals surface area contributed by atoms with Gasteiger partial charge in [-0.05, 0) is 50.2 Å². The molecule has 45 heavy (non-hydrogen) atoms. The summed E-state index contributed by atoms with van der Waals surface area (Å²) in [5, 5.41) is 14.6. The minimum atomic E-state index is -4.63. The van der Waals surface area contributed by atoms with Gasteiger partial charge in [0.25, 0.3) is 0 Å². The van der Waals surface area contributed by atoms with Crippen LogP contribution in [-0.2, 0) is 6.18 Å². The zero-order chi connectivity index (χ0) is 32.7. The number of nitrogens with zero attached hydrogens (tertiary/aromatic N) is 5. The van der Waals surface area contributed by atoms with E-state index in [0.717, 1.165) is 29.8 Å². The fourth-order valence-electron chi connectivity index (χ4n) is 4.36. The molecular formula is C30H37F3N8O3S. The van der Waals surface area contributed by atoms with Gasteiger partial charge in [-0.15, -0.1) is 21.5 Å². The first-order valence-electron chi connectivity index (χ1n) is 14.6. The number of alkyl halides is 3. The molecule has 0 aliphatic heterocycles. The summed E-state index contributed by atoms with van der Waals surface area (Å²) >= 11 is 0.830. The molecule has 4 rings (SSSR count). The Morgan fingerprint density at radius 2 is 1.87 bits per heavy atom. The molecule has 0 radical (unpaired) electrons. The Morgan fingerprint density at radius 3 is 2.51 bits per heavy atom. The van der Waals surface area contributed by atoms with E-state index >= 15 is 0 Å². The van der Waals surface area contributed by atoms with Crippen LogP contribution in [0.1, 0.15) is 52.2 Å². The third-order valence-electron chi connectivity index (χ3n) is 7.03. The summed E-state index contributed by atoms with van der Waals surface area (Å²) in [4.78, 5) is 22.7. The second kappa shape index (κ2) is 14.8. The Bertz CT molecular complexity index is 1590. The first kappa shape index (κ1) is 33.8. The molecule has 0 saturated carbocycles. The lowest BCUT2D eigenvalue weighted by Crippen LogP contribution is -2.28. The summed E-state index contributed by atoms with van der Waals surface area (Å²) in [7, 11) is 0. The van der Waals surface area contributed by atoms with Crippen LogP contribution in [0.25, 0.3) is 33.2 Å². The Kier molecular flexibility index (Phi) is 11.1. The normalized spacial score (nSPS) is 12.5. The lowest BCUT2D eigenvalue weighted by atomic mass is 9.98. The number of amides is 2. The SMILES string of the molecule is CCNC(=O)Nc1cc(-c2nc(C(F)(F)F)cs2)c(-c2cc(-c3nnc([C@@H](N)C(C)C)o3)ccc2OCCN(CC)CC)cn1. The quantitative estimate of drug-likeness (QED) is 0.149. The van der Waals surface area contributed by atoms with E-state index in [1.807, 2.05) is 13.8 Å². The van der Waals surface area contributed by atoms with Crippen molar-refractivity contribution in [2.45, 2.75) is 46.8 Å². The van der Waals surface area contributed by atoms with E-state index in [0.29, 0.717) is 47.7 Å². The number of carbonyl (C=O) groups excluding carboxylic acids is 1. The van der Waals surface area contributed by atoms with Gasteiger partial charge in [0.15, 0.2) is 5.69 Å². The largest absolute Gasteiger partial charge is 0.492 e. The van der Waals surface area contributed by atoms with Gasteiger partial charge in [0.05, 0.1) is 6.04 Å². The number of halogens is 3. The van der Waals surface area contributed by atoms with Gasteiger partial charge in [0.2, 0.25) is 11.8 Å². The van der Waals surface area contributed by atoms with E-state index < -0.39 is 23.9 Å². The van der Waals surface area contributed by atoms with Crippen LogP contribution >= 0.6 is 11.3 Å². The maximum absolute atomic E-state index is 13.6. The topological polar surface area (TPSA) is 144 Å². The first-order chi connectivity index (χ1) is 21.4. The number of urea groups is 1. The number of nitrogens with one attached hydrogen (secondary N) is 2. The van der Waals surface area contributed by atoms with Crippen LogP contribution in [0.5, 0.6) is 5.75 Å². The first-order valence-corrected chi connectivity index (χ1v) is 15.5. The molecule has 0 aliphatic rings. The number of rotatable bonds is 13. The average molecular weight is 647 g/mol. The van der Waals surface area contributed by atoms with Crippen LogP contribution in [0, 0.1) is 5.92 Å². The molecule has 0 spiro atoms. The maximum Gasteiger partial charge on any atom is 0.434 e. The maximum atomic E-state index is 13.6. The summed E-state index contributed by atoms with van der Waals surface area (Å²) in [5.41, 5.74) is 6.99. The number of pyridine rings is 1. The second-order valence-electron chi connectivity index (χ2n) is 10.4. The van der Waals surface area contributed by atoms with Gasteiger partial charge in [-0.3, -0.25) is 5.32 Å². The van der Waals surface area contributed by atoms with Crippen molar-refractivity contribution in [1.82, 2.24) is 30.4 Å². The average Bonchev–Trinajstić information content (AvgIpc) is 3.70. The van der Waals surface area contributed by atoms with Crippen LogP contribution in [0.4, 0.5) is 23.8 Å². The lowest BCUT2D eigenvalue weighted by Gasteiger charge is -2.20. The Labute approximate surface area is 263 Å². The second-order valence-corrected chi connectivity index (χ2v) is 11.3. The summed E-state index contributed by atoms with van der Waals surface area (Å²) < 4.78 is 52.8. The van der Waals surface area contributed by atoms with Gasteiger partial charge in [0, 0.05) is 46.9 Å². The zero-order valence-electron chi connectivity index (χ0n) is 25.7. The van der Waals surface area contributed by atoms with Crippen LogP contribution in [-0.4, -0.2) is 63.9 Å². The van der Waals surface area contributed by atoms with Gasteiger partial charge in [-0.25, -0.2) is 14.8 Å². The molecule has 242 valence electrons. The molecule has 0 fully saturated rings. The molecule has 11 nitrogen and oxygen atoms in total. The number of aromatic nitrogens is 4. The molecule has 0 bridgehead atoms. The highest BCUT2D eigenvalue weighted by molar-refractivity contribution is 7.13. The predicted octanol–water partition coefficient (Wildman–Crippen LogP) is 6.46. The smallest absolute Gasteiger partial charge is 0.434 e. The summed E-state index contributed by atoms with van der Waals surface area (Å²) in [5.74, 6) is 1.16. The molecule has 0 saturated heterocycles. The highest BCUT2D eigenvalue weighted by Gasteiger charge is 2.34. The molecule has 3 aromatic heterocycles. The molecule has 4 N–H and O–H groups in total. The number of nitrogens with two attached hydrogens (primary N) is 1. The van der Waals surface area contributed by atoms with Crippen LogP contribution < -0.4 is 21.1 Å². The molecule has 3 heterocycles. The van der Waals surface area contributed by atoms with Gasteiger partial charge in [-0.1, -0.05) is 27.7 Å². The highest BCUT2D eigenvalue weighted by atomic mass is 32.1. The number of carbonyl (C=O) groups is 1. The van der Waals surface area contributed by atoms with E-state index in [2.05, 4.69) is 49.5 Å². The number of benzene rings is 1. The Balaban J connectivity index is 1.85. The van der Waals surface area contributed by atoms with Gasteiger partial charge < -0.3 is 25.1 Å². The molecule has 15 heteroatoms. The number of ether oxygens (including phenoxy) is 1. The molecule has 1 atom stereocenters. The molecule has 2 amide bonds. The van der Waals surface area contributed by atoms with Crippen LogP contribution in [0.15, 0.2) is 40.3 Å². The van der Waals surface area contributed by atoms with E-state index in [9.17, 15) is 18.0 Å². The summed E-state index contributed by atoms with van der Waals surface area (Å²) in [6.45, 7) is 12.9. The van der Waals surface area contributed by atoms with Crippen molar-refractivity contribution in [3.63, 3.8) is 0 Å². The van der Waals surface area contributed by atoms with Crippen LogP contribution in [0.3, 0.4) is 0 Å². The van der Waals surface area contributed by atoms with Crippen molar-refractivity contribution in [3.8, 4) is 38.9 Å². The third kappa shape index (κ3) is 8.35. The number of likely N-dealkylation sites (N-methyl/N-ethyl adjacent to an activating group) is 1. The summed E-state index contributed by atoms with van der Waals surface area (Å²) in [6, 6.07) is 5.78. The highest BCUT2D eigenvalue weighted by Crippen LogP contribution is 2.42. The van der Waals surface area contributed by atoms with Gasteiger partial charge in [-0.2, -0.15) is 13.2 Å². The van der Waals surface area contributed by atoms with E-state index in [1.165, 1.54) is 12.3 Å². The third-order valence-corrected chi connectivity index (χ3v) is 7.90. The number of thiazole rings is 1. The van der Waals surface area contributed by atoms with Crippen molar-refractivity contribution in [2.24, 2.45) is 11.7 Å². The fourth-order valence-corrected chi connectivity index (χ4v) is 5.22. The zero-order valence-corrected chi connectivity index (χ0v) is 26.6. The lowest BCUT2D eigenvalue weighted by molar-refractivity contribution is -0.140. The fraction of sp³-hybridized carbons (Fsp3) is 0.433. The minimum absolute atomic E-state index is 0.0653. The summed E-state index contributed by atoms with van der Waals surface area (Å²) in [6.07, 6.45) is -3.16. The molecule has 1 aromatic carbocycles. The van der Waals surface area contributed by atoms with Crippen molar-refractivity contribution < 1.29 is 27.1 Å². The molecular weight excluding hydrogens is 609 g/mol. The van der Waals surface area contributed by atoms with Crippen LogP contribution in [0.2, 0.25) is 0 Å². The minimum Gasteiger partial charge on any atom is -0.492 e. The van der Waals surface area contributed by atoms with Crippen molar-refractivity contribution in [1.29, 1.82) is 0 Å². The van der Waals surface area contributed by atoms with Crippen molar-refractivity contribution in [2.75, 3.05) is 38.1 Å². The monoisotopic (exact) mass is 646 g/mol. The Morgan fingerprint density at radius 1 is 1.11 bits per heavy atom. The van der Waals surface area contributed by atoms with Gasteiger partial charge >= 0.3 is 12.2 Å². The molecule has 0 unspecified atom stereocenters. The Hall–Kier alpha value is -4.08. The van der Waals surface area contributed by atoms with Gasteiger partial charge in [0.1, 0.15) is 23.2 Å². The van der Waals surface area contributed by atoms with E-state index in [4.69, 9.17) is 14.9 Å². The van der Waals surface area contributed by atoms with E-state index in [1.54, 1.807) is 25.1 Å². The molecule has 0 aliphatic carbocycles.